The van der Waals surface area contributed by atoms with Crippen molar-refractivity contribution in [3.05, 3.63) is 94.5 Å². The molecule has 3 saturated heterocycles. The van der Waals surface area contributed by atoms with E-state index >= 15 is 0 Å². The van der Waals surface area contributed by atoms with E-state index in [1.165, 1.54) is 38.4 Å². The van der Waals surface area contributed by atoms with E-state index in [0.29, 0.717) is 39.1 Å². The number of sulfone groups is 1. The van der Waals surface area contributed by atoms with Gasteiger partial charge in [-0.1, -0.05) is 90.9 Å². The third kappa shape index (κ3) is 10.3. The van der Waals surface area contributed by atoms with Crippen molar-refractivity contribution in [2.45, 2.75) is 102 Å². The van der Waals surface area contributed by atoms with Crippen molar-refractivity contribution in [3.8, 4) is 5.75 Å². The molecule has 4 atom stereocenters. The molecule has 0 aromatic heterocycles. The molecule has 3 aromatic rings. The van der Waals surface area contributed by atoms with Gasteiger partial charge in [0.15, 0.2) is 9.84 Å². The van der Waals surface area contributed by atoms with Crippen molar-refractivity contribution < 1.29 is 21.6 Å². The van der Waals surface area contributed by atoms with Crippen LogP contribution >= 0.6 is 0 Å². The number of nitrogens with zero attached hydrogens (tertiary/aromatic N) is 4. The highest BCUT2D eigenvalue weighted by Crippen LogP contribution is 2.33. The van der Waals surface area contributed by atoms with Gasteiger partial charge in [0.05, 0.1) is 23.8 Å². The van der Waals surface area contributed by atoms with Gasteiger partial charge < -0.3 is 14.5 Å². The van der Waals surface area contributed by atoms with Crippen LogP contribution in [0.1, 0.15) is 88.6 Å². The summed E-state index contributed by atoms with van der Waals surface area (Å²) < 4.78 is 59.7. The fourth-order valence-corrected chi connectivity index (χ4v) is 11.1. The molecule has 0 spiro atoms. The van der Waals surface area contributed by atoms with E-state index in [0.717, 1.165) is 37.5 Å². The molecule has 11 heteroatoms. The largest absolute Gasteiger partial charge is 0.489 e. The minimum absolute atomic E-state index is 0.0196. The number of benzene rings is 3. The number of hydrogen-bond acceptors (Lipinski definition) is 8. The predicted octanol–water partition coefficient (Wildman–Crippen LogP) is 6.46. The summed E-state index contributed by atoms with van der Waals surface area (Å²) in [4.78, 5) is 6.98. The van der Waals surface area contributed by atoms with E-state index in [9.17, 15) is 16.8 Å². The highest BCUT2D eigenvalue weighted by Gasteiger charge is 2.43. The summed E-state index contributed by atoms with van der Waals surface area (Å²) in [6.07, 6.45) is 2.62. The molecule has 3 heterocycles. The van der Waals surface area contributed by atoms with Gasteiger partial charge in [-0.05, 0) is 88.7 Å². The summed E-state index contributed by atoms with van der Waals surface area (Å²) in [5, 5.41) is -0.466. The van der Waals surface area contributed by atoms with Crippen LogP contribution in [0.3, 0.4) is 0 Å². The molecule has 55 heavy (non-hydrogen) atoms. The van der Waals surface area contributed by atoms with E-state index < -0.39 is 25.1 Å². The SMILES string of the molecule is CC(Cc1cc(OC2CCN(S(C)(=O)=O)C2)cc(C(C)(C)C)c1)c1ccc(CN2CCN(C)CC2C2CN(c3cccc(C(C)(C)C)c3)CCS2(=O)=O)cc1. The second-order valence-corrected chi connectivity index (χ2v) is 22.9. The minimum atomic E-state index is -3.28. The van der Waals surface area contributed by atoms with Crippen LogP contribution in [0.15, 0.2) is 66.7 Å². The normalized spacial score (nSPS) is 23.9. The maximum atomic E-state index is 13.8. The summed E-state index contributed by atoms with van der Waals surface area (Å²) in [6.45, 7) is 20.6. The summed E-state index contributed by atoms with van der Waals surface area (Å²) in [6, 6.07) is 23.9. The number of piperazine rings is 1. The molecular formula is C44H64N4O5S2. The maximum absolute atomic E-state index is 13.8. The molecule has 4 unspecified atom stereocenters. The molecule has 3 aromatic carbocycles. The first kappa shape index (κ1) is 41.7. The third-order valence-electron chi connectivity index (χ3n) is 11.9. The zero-order valence-electron chi connectivity index (χ0n) is 34.6. The molecule has 3 aliphatic heterocycles. The van der Waals surface area contributed by atoms with E-state index in [1.807, 2.05) is 0 Å². The predicted molar refractivity (Wildman–Crippen MR) is 226 cm³/mol. The number of anilines is 1. The second kappa shape index (κ2) is 16.1. The van der Waals surface area contributed by atoms with Crippen molar-refractivity contribution in [2.24, 2.45) is 0 Å². The van der Waals surface area contributed by atoms with E-state index in [2.05, 4.69) is 137 Å². The topological polar surface area (TPSA) is 90.5 Å². The Morgan fingerprint density at radius 3 is 2.18 bits per heavy atom. The first-order valence-corrected chi connectivity index (χ1v) is 23.6. The van der Waals surface area contributed by atoms with E-state index in [4.69, 9.17) is 4.74 Å². The molecule has 3 fully saturated rings. The number of sulfonamides is 1. The monoisotopic (exact) mass is 792 g/mol. The fraction of sp³-hybridized carbons (Fsp3) is 0.591. The zero-order chi connectivity index (χ0) is 39.9. The molecular weight excluding hydrogens is 729 g/mol. The van der Waals surface area contributed by atoms with Gasteiger partial charge >= 0.3 is 0 Å². The summed E-state index contributed by atoms with van der Waals surface area (Å²) in [7, 11) is -4.40. The van der Waals surface area contributed by atoms with E-state index in [-0.39, 0.29) is 34.6 Å². The first-order chi connectivity index (χ1) is 25.7. The van der Waals surface area contributed by atoms with Crippen molar-refractivity contribution in [3.63, 3.8) is 0 Å². The van der Waals surface area contributed by atoms with Gasteiger partial charge in [-0.15, -0.1) is 0 Å². The smallest absolute Gasteiger partial charge is 0.211 e. The molecule has 0 radical (unpaired) electrons. The minimum Gasteiger partial charge on any atom is -0.489 e. The Balaban J connectivity index is 1.15. The lowest BCUT2D eigenvalue weighted by Crippen LogP contribution is -2.62. The van der Waals surface area contributed by atoms with Crippen LogP contribution in [0.2, 0.25) is 0 Å². The average molecular weight is 793 g/mol. The third-order valence-corrected chi connectivity index (χ3v) is 15.3. The van der Waals surface area contributed by atoms with Gasteiger partial charge in [0.2, 0.25) is 10.0 Å². The molecule has 6 rings (SSSR count). The maximum Gasteiger partial charge on any atom is 0.211 e. The van der Waals surface area contributed by atoms with Crippen molar-refractivity contribution >= 4 is 25.5 Å². The van der Waals surface area contributed by atoms with Gasteiger partial charge in [0, 0.05) is 57.5 Å². The summed E-state index contributed by atoms with van der Waals surface area (Å²) >= 11 is 0. The van der Waals surface area contributed by atoms with Gasteiger partial charge in [0.1, 0.15) is 11.9 Å². The zero-order valence-corrected chi connectivity index (χ0v) is 36.2. The summed E-state index contributed by atoms with van der Waals surface area (Å²) in [5.41, 5.74) is 7.16. The van der Waals surface area contributed by atoms with Gasteiger partial charge in [0.25, 0.3) is 0 Å². The number of ether oxygens (including phenoxy) is 1. The number of rotatable bonds is 10. The van der Waals surface area contributed by atoms with Crippen LogP contribution in [0.25, 0.3) is 0 Å². The molecule has 0 bridgehead atoms. The first-order valence-electron chi connectivity index (χ1n) is 20.0. The Kier molecular flexibility index (Phi) is 12.2. The van der Waals surface area contributed by atoms with Crippen molar-refractivity contribution in [1.82, 2.24) is 14.1 Å². The average Bonchev–Trinajstić information content (AvgIpc) is 3.58. The lowest BCUT2D eigenvalue weighted by molar-refractivity contribution is 0.0806. The molecule has 0 amide bonds. The Bertz CT molecular complexity index is 2020. The Morgan fingerprint density at radius 1 is 0.818 bits per heavy atom. The molecule has 0 aliphatic carbocycles. The fourth-order valence-electron chi connectivity index (χ4n) is 8.34. The van der Waals surface area contributed by atoms with Crippen LogP contribution in [0, 0.1) is 0 Å². The van der Waals surface area contributed by atoms with Crippen molar-refractivity contribution in [2.75, 3.05) is 69.8 Å². The Labute approximate surface area is 332 Å². The van der Waals surface area contributed by atoms with Crippen LogP contribution in [0.5, 0.6) is 5.75 Å². The Morgan fingerprint density at radius 2 is 1.53 bits per heavy atom. The van der Waals surface area contributed by atoms with Gasteiger partial charge in [-0.25, -0.2) is 16.8 Å². The highest BCUT2D eigenvalue weighted by atomic mass is 32.2. The molecule has 0 saturated carbocycles. The number of hydrogen-bond donors (Lipinski definition) is 0. The lowest BCUT2D eigenvalue weighted by Gasteiger charge is -2.46. The highest BCUT2D eigenvalue weighted by molar-refractivity contribution is 7.92. The molecule has 0 N–H and O–H groups in total. The Hall–Kier alpha value is -2.96. The van der Waals surface area contributed by atoms with E-state index in [1.54, 1.807) is 0 Å². The van der Waals surface area contributed by atoms with Crippen LogP contribution in [-0.2, 0) is 43.7 Å². The molecule has 3 aliphatic rings. The van der Waals surface area contributed by atoms with Crippen LogP contribution < -0.4 is 9.64 Å². The molecule has 302 valence electrons. The second-order valence-electron chi connectivity index (χ2n) is 18.6. The molecule has 9 nitrogen and oxygen atoms in total. The lowest BCUT2D eigenvalue weighted by atomic mass is 9.84. The quantitative estimate of drug-likeness (QED) is 0.231. The van der Waals surface area contributed by atoms with Gasteiger partial charge in [-0.2, -0.15) is 4.31 Å². The van der Waals surface area contributed by atoms with Crippen LogP contribution in [-0.4, -0.2) is 113 Å². The van der Waals surface area contributed by atoms with Gasteiger partial charge in [-0.3, -0.25) is 4.90 Å². The van der Waals surface area contributed by atoms with Crippen molar-refractivity contribution in [1.29, 1.82) is 0 Å². The number of likely N-dealkylation sites (N-methyl/N-ethyl adjacent to an activating group) is 1. The standard InChI is InChI=1S/C44H64N4O5S2/c1-32(23-34-24-37(44(5,6)7)27-40(25-34)53-39-17-18-48(29-39)54(9,49)50)35-15-13-33(14-16-35)28-47-20-19-45(8)30-41(47)42-31-46(21-22-55(42,51)52)38-12-10-11-36(26-38)43(2,3)4/h10-16,24-27,32,39,41-42H,17-23,28-31H2,1-9H3. The van der Waals surface area contributed by atoms with Crippen LogP contribution in [0.4, 0.5) is 5.69 Å². The summed E-state index contributed by atoms with van der Waals surface area (Å²) in [5.74, 6) is 1.23.